The third-order valence-electron chi connectivity index (χ3n) is 10.8. The molecule has 1 aliphatic heterocycles. The molecule has 2 heteroatoms. The smallest absolute Gasteiger partial charge is 0.0289 e. The van der Waals surface area contributed by atoms with E-state index in [9.17, 15) is 0 Å². The van der Waals surface area contributed by atoms with E-state index in [2.05, 4.69) is 161 Å². The SMILES string of the molecule is C=C(/C=C/C)N1CCC(C(/C=C\C)=C/C)(C(C)(C)C)CC1.C=C(C)c1ccc(C2=CCC(C)(CC)/C(=C\CC)C2(C)CS)cc1.CC. The molecule has 0 spiro atoms. The fraction of sp³-hybridized carbons (Fsp3) is 0.556. The molecule has 0 bridgehead atoms. The number of rotatable bonds is 9. The van der Waals surface area contributed by atoms with Crippen LogP contribution in [0.5, 0.6) is 0 Å². The molecular formula is C45H71NS. The van der Waals surface area contributed by atoms with Gasteiger partial charge in [-0.2, -0.15) is 12.6 Å². The molecule has 0 radical (unpaired) electrons. The van der Waals surface area contributed by atoms with Crippen LogP contribution in [0.1, 0.15) is 133 Å². The fourth-order valence-corrected chi connectivity index (χ4v) is 8.02. The van der Waals surface area contributed by atoms with E-state index in [0.717, 1.165) is 43.0 Å². The number of hydrogen-bond donors (Lipinski definition) is 1. The van der Waals surface area contributed by atoms with Gasteiger partial charge in [-0.3, -0.25) is 0 Å². The van der Waals surface area contributed by atoms with Crippen molar-refractivity contribution in [2.24, 2.45) is 21.7 Å². The second kappa shape index (κ2) is 18.9. The van der Waals surface area contributed by atoms with Crippen LogP contribution in [0.2, 0.25) is 0 Å². The summed E-state index contributed by atoms with van der Waals surface area (Å²) >= 11 is 4.78. The highest BCUT2D eigenvalue weighted by Crippen LogP contribution is 2.56. The predicted octanol–water partition coefficient (Wildman–Crippen LogP) is 13.9. The molecule has 47 heavy (non-hydrogen) atoms. The van der Waals surface area contributed by atoms with E-state index in [1.165, 1.54) is 41.5 Å². The Labute approximate surface area is 298 Å². The summed E-state index contributed by atoms with van der Waals surface area (Å²) in [5.41, 5.74) is 10.0. The van der Waals surface area contributed by atoms with Gasteiger partial charge in [0.05, 0.1) is 0 Å². The first-order valence-electron chi connectivity index (χ1n) is 18.3. The van der Waals surface area contributed by atoms with E-state index < -0.39 is 0 Å². The lowest BCUT2D eigenvalue weighted by Crippen LogP contribution is -2.47. The van der Waals surface area contributed by atoms with Crippen molar-refractivity contribution in [3.05, 3.63) is 108 Å². The van der Waals surface area contributed by atoms with Gasteiger partial charge >= 0.3 is 0 Å². The van der Waals surface area contributed by atoms with Gasteiger partial charge in [0.1, 0.15) is 0 Å². The normalized spacial score (nSPS) is 24.0. The molecule has 0 amide bonds. The van der Waals surface area contributed by atoms with Crippen LogP contribution in [-0.2, 0) is 0 Å². The number of nitrogens with zero attached hydrogens (tertiary/aromatic N) is 1. The lowest BCUT2D eigenvalue weighted by Gasteiger charge is -2.51. The Kier molecular flexibility index (Phi) is 17.1. The molecule has 2 atom stereocenters. The van der Waals surface area contributed by atoms with Crippen molar-refractivity contribution in [2.45, 2.75) is 122 Å². The monoisotopic (exact) mass is 658 g/mol. The molecule has 262 valence electrons. The van der Waals surface area contributed by atoms with Gasteiger partial charge in [0.15, 0.2) is 0 Å². The number of likely N-dealkylation sites (tertiary alicyclic amines) is 1. The first-order valence-corrected chi connectivity index (χ1v) is 18.9. The van der Waals surface area contributed by atoms with E-state index in [4.69, 9.17) is 12.6 Å². The molecule has 1 nitrogen and oxygen atoms in total. The van der Waals surface area contributed by atoms with Crippen LogP contribution in [0.4, 0.5) is 0 Å². The summed E-state index contributed by atoms with van der Waals surface area (Å²) in [6.45, 7) is 39.3. The molecule has 0 N–H and O–H groups in total. The average Bonchev–Trinajstić information content (AvgIpc) is 3.06. The number of benzene rings is 1. The molecule has 1 fully saturated rings. The zero-order valence-corrected chi connectivity index (χ0v) is 33.7. The molecule has 2 aliphatic rings. The summed E-state index contributed by atoms with van der Waals surface area (Å²) < 4.78 is 0. The molecule has 3 rings (SSSR count). The van der Waals surface area contributed by atoms with Crippen LogP contribution in [0.25, 0.3) is 11.1 Å². The Bertz CT molecular complexity index is 1300. The number of thiol groups is 1. The maximum absolute atomic E-state index is 4.78. The van der Waals surface area contributed by atoms with Gasteiger partial charge in [0.2, 0.25) is 0 Å². The predicted molar refractivity (Wildman–Crippen MR) is 219 cm³/mol. The second-order valence-corrected chi connectivity index (χ2v) is 15.0. The van der Waals surface area contributed by atoms with E-state index in [-0.39, 0.29) is 21.7 Å². The van der Waals surface area contributed by atoms with Crippen molar-refractivity contribution in [1.29, 1.82) is 0 Å². The highest BCUT2D eigenvalue weighted by atomic mass is 32.1. The Morgan fingerprint density at radius 2 is 1.49 bits per heavy atom. The average molecular weight is 658 g/mol. The van der Waals surface area contributed by atoms with Crippen molar-refractivity contribution in [3.63, 3.8) is 0 Å². The van der Waals surface area contributed by atoms with Gasteiger partial charge in [0, 0.05) is 35.4 Å². The molecule has 0 saturated carbocycles. The zero-order chi connectivity index (χ0) is 36.1. The molecule has 1 aromatic carbocycles. The lowest BCUT2D eigenvalue weighted by atomic mass is 9.57. The summed E-state index contributed by atoms with van der Waals surface area (Å²) in [6.07, 6.45) is 21.6. The summed E-state index contributed by atoms with van der Waals surface area (Å²) in [5, 5.41) is 0. The summed E-state index contributed by atoms with van der Waals surface area (Å²) in [7, 11) is 0. The van der Waals surface area contributed by atoms with E-state index in [1.54, 1.807) is 5.57 Å². The number of piperidine rings is 1. The van der Waals surface area contributed by atoms with Crippen LogP contribution in [-0.4, -0.2) is 23.7 Å². The second-order valence-electron chi connectivity index (χ2n) is 14.7. The molecule has 1 heterocycles. The van der Waals surface area contributed by atoms with Gasteiger partial charge < -0.3 is 4.90 Å². The van der Waals surface area contributed by atoms with Crippen LogP contribution >= 0.6 is 12.6 Å². The van der Waals surface area contributed by atoms with Crippen LogP contribution in [0.3, 0.4) is 0 Å². The Morgan fingerprint density at radius 3 is 1.89 bits per heavy atom. The van der Waals surface area contributed by atoms with E-state index in [0.29, 0.717) is 0 Å². The summed E-state index contributed by atoms with van der Waals surface area (Å²) in [5.74, 6) is 0.836. The molecule has 0 aromatic heterocycles. The highest BCUT2D eigenvalue weighted by Gasteiger charge is 2.46. The van der Waals surface area contributed by atoms with Crippen molar-refractivity contribution in [1.82, 2.24) is 4.90 Å². The topological polar surface area (TPSA) is 3.24 Å². The Balaban J connectivity index is 0.000000450. The maximum Gasteiger partial charge on any atom is 0.0289 e. The van der Waals surface area contributed by atoms with Crippen molar-refractivity contribution < 1.29 is 0 Å². The van der Waals surface area contributed by atoms with Crippen molar-refractivity contribution >= 4 is 23.8 Å². The van der Waals surface area contributed by atoms with Gasteiger partial charge in [-0.05, 0) is 99.0 Å². The third kappa shape index (κ3) is 9.81. The molecule has 1 aliphatic carbocycles. The van der Waals surface area contributed by atoms with E-state index in [1.807, 2.05) is 13.8 Å². The van der Waals surface area contributed by atoms with Gasteiger partial charge in [-0.15, -0.1) is 0 Å². The maximum atomic E-state index is 4.78. The van der Waals surface area contributed by atoms with Gasteiger partial charge in [0.25, 0.3) is 0 Å². The Morgan fingerprint density at radius 1 is 0.936 bits per heavy atom. The molecule has 1 saturated heterocycles. The first kappa shape index (κ1) is 42.6. The molecule has 1 aromatic rings. The molecular weight excluding hydrogens is 587 g/mol. The standard InChI is InChI=1S/C23H32S.C20H33N.C2H6/c1-7-9-21-22(5,8-2)15-14-20(23(21,6)16-24)19-12-10-18(11-13-19)17(3)4;1-8-11-17(4)21-15-13-20(14-16-21,19(5,6)7)18(10-3)12-9-2;1-2/h9-14,24H,3,7-8,15-16H2,1-2,4-6H3;8-12H,4,13-16H2,1-3,5-7H3;1-2H3/b21-9+;11-8+,12-9-,18-10+;. The van der Waals surface area contributed by atoms with E-state index >= 15 is 0 Å². The fourth-order valence-electron chi connectivity index (χ4n) is 7.68. The molecule has 2 unspecified atom stereocenters. The minimum Gasteiger partial charge on any atom is -0.372 e. The number of allylic oxidation sites excluding steroid dienone is 11. The number of hydrogen-bond acceptors (Lipinski definition) is 2. The van der Waals surface area contributed by atoms with Crippen molar-refractivity contribution in [3.8, 4) is 0 Å². The Hall–Kier alpha value is -2.45. The van der Waals surface area contributed by atoms with Crippen LogP contribution in [0, 0.1) is 21.7 Å². The highest BCUT2D eigenvalue weighted by molar-refractivity contribution is 7.80. The van der Waals surface area contributed by atoms with Crippen molar-refractivity contribution in [2.75, 3.05) is 18.8 Å². The summed E-state index contributed by atoms with van der Waals surface area (Å²) in [4.78, 5) is 2.42. The first-order chi connectivity index (χ1) is 22.1. The third-order valence-corrected chi connectivity index (χ3v) is 11.4. The summed E-state index contributed by atoms with van der Waals surface area (Å²) in [6, 6.07) is 8.87. The minimum absolute atomic E-state index is 0.00707. The van der Waals surface area contributed by atoms with Crippen LogP contribution in [0.15, 0.2) is 96.8 Å². The van der Waals surface area contributed by atoms with Gasteiger partial charge in [-0.25, -0.2) is 0 Å². The lowest BCUT2D eigenvalue weighted by molar-refractivity contribution is 0.0546. The largest absolute Gasteiger partial charge is 0.372 e. The minimum atomic E-state index is -0.00707. The zero-order valence-electron chi connectivity index (χ0n) is 32.8. The quantitative estimate of drug-likeness (QED) is 0.157. The van der Waals surface area contributed by atoms with Gasteiger partial charge in [-0.1, -0.05) is 147 Å². The van der Waals surface area contributed by atoms with Crippen LogP contribution < -0.4 is 0 Å².